The summed E-state index contributed by atoms with van der Waals surface area (Å²) < 4.78 is 5.56. The molecule has 1 saturated heterocycles. The van der Waals surface area contributed by atoms with Crippen molar-refractivity contribution < 1.29 is 4.74 Å². The molecule has 0 unspecified atom stereocenters. The molecule has 2 nitrogen and oxygen atoms in total. The maximum atomic E-state index is 6.05. The largest absolute Gasteiger partial charge is 0.379 e. The van der Waals surface area contributed by atoms with Gasteiger partial charge in [0, 0.05) is 5.41 Å². The predicted octanol–water partition coefficient (Wildman–Crippen LogP) is 2.99. The van der Waals surface area contributed by atoms with E-state index in [-0.39, 0.29) is 10.8 Å². The molecule has 1 aliphatic heterocycles. The minimum absolute atomic E-state index is 0.193. The molecule has 1 saturated carbocycles. The van der Waals surface area contributed by atoms with Gasteiger partial charge in [-0.1, -0.05) is 45.0 Å². The Hall–Kier alpha value is -0.860. The van der Waals surface area contributed by atoms with Crippen LogP contribution < -0.4 is 5.73 Å². The van der Waals surface area contributed by atoms with Crippen molar-refractivity contribution in [3.63, 3.8) is 0 Å². The first-order valence-electron chi connectivity index (χ1n) is 7.32. The van der Waals surface area contributed by atoms with Crippen LogP contribution >= 0.6 is 0 Å². The first-order valence-corrected chi connectivity index (χ1v) is 7.32. The van der Waals surface area contributed by atoms with Crippen LogP contribution in [0, 0.1) is 5.41 Å². The van der Waals surface area contributed by atoms with E-state index in [9.17, 15) is 0 Å². The lowest BCUT2D eigenvalue weighted by Crippen LogP contribution is -2.55. The van der Waals surface area contributed by atoms with Crippen molar-refractivity contribution in [2.24, 2.45) is 11.1 Å². The molecular formula is C17H25NO. The Bertz CT molecular complexity index is 461. The predicted molar refractivity (Wildman–Crippen MR) is 78.4 cm³/mol. The van der Waals surface area contributed by atoms with Crippen LogP contribution in [0.4, 0.5) is 0 Å². The molecular weight excluding hydrogens is 234 g/mol. The zero-order valence-electron chi connectivity index (χ0n) is 12.3. The number of hydrogen-bond acceptors (Lipinski definition) is 2. The second kappa shape index (κ2) is 4.07. The van der Waals surface area contributed by atoms with Gasteiger partial charge in [0.15, 0.2) is 0 Å². The van der Waals surface area contributed by atoms with E-state index in [1.165, 1.54) is 24.0 Å². The van der Waals surface area contributed by atoms with Crippen molar-refractivity contribution in [3.05, 3.63) is 35.4 Å². The number of ether oxygens (including phenoxy) is 1. The van der Waals surface area contributed by atoms with E-state index >= 15 is 0 Å². The van der Waals surface area contributed by atoms with E-state index in [0.717, 1.165) is 19.8 Å². The van der Waals surface area contributed by atoms with Crippen molar-refractivity contribution in [1.29, 1.82) is 0 Å². The molecule has 2 N–H and O–H groups in total. The van der Waals surface area contributed by atoms with Crippen LogP contribution in [0.3, 0.4) is 0 Å². The second-order valence-corrected chi connectivity index (χ2v) is 7.39. The van der Waals surface area contributed by atoms with Gasteiger partial charge >= 0.3 is 0 Å². The minimum Gasteiger partial charge on any atom is -0.379 e. The number of nitrogens with two attached hydrogens (primary N) is 1. The van der Waals surface area contributed by atoms with E-state index in [2.05, 4.69) is 45.0 Å². The van der Waals surface area contributed by atoms with Gasteiger partial charge in [-0.2, -0.15) is 0 Å². The third kappa shape index (κ3) is 1.85. The molecule has 19 heavy (non-hydrogen) atoms. The molecule has 2 fully saturated rings. The van der Waals surface area contributed by atoms with Crippen molar-refractivity contribution in [3.8, 4) is 0 Å². The van der Waals surface area contributed by atoms with Crippen LogP contribution in [0.2, 0.25) is 0 Å². The molecule has 0 aromatic heterocycles. The van der Waals surface area contributed by atoms with Gasteiger partial charge in [0.25, 0.3) is 0 Å². The fourth-order valence-corrected chi connectivity index (χ4v) is 3.40. The molecule has 0 spiro atoms. The summed E-state index contributed by atoms with van der Waals surface area (Å²) in [6, 6.07) is 9.17. The Morgan fingerprint density at radius 1 is 1.11 bits per heavy atom. The molecule has 1 aromatic rings. The van der Waals surface area contributed by atoms with Crippen molar-refractivity contribution >= 4 is 0 Å². The average Bonchev–Trinajstić information content (AvgIpc) is 3.08. The molecule has 2 aliphatic rings. The molecule has 1 heterocycles. The van der Waals surface area contributed by atoms with Crippen LogP contribution in [0.25, 0.3) is 0 Å². The second-order valence-electron chi connectivity index (χ2n) is 7.39. The van der Waals surface area contributed by atoms with Crippen molar-refractivity contribution in [2.75, 3.05) is 19.8 Å². The molecule has 1 aromatic carbocycles. The lowest BCUT2D eigenvalue weighted by atomic mass is 9.65. The summed E-state index contributed by atoms with van der Waals surface area (Å²) in [7, 11) is 0. The van der Waals surface area contributed by atoms with E-state index in [1.807, 2.05) is 0 Å². The van der Waals surface area contributed by atoms with Gasteiger partial charge in [-0.25, -0.2) is 0 Å². The maximum Gasteiger partial charge on any atom is 0.0591 e. The fraction of sp³-hybridized carbons (Fsp3) is 0.647. The highest BCUT2D eigenvalue weighted by atomic mass is 16.5. The van der Waals surface area contributed by atoms with Crippen LogP contribution in [0.15, 0.2) is 24.3 Å². The maximum absolute atomic E-state index is 6.05. The molecule has 0 amide bonds. The monoisotopic (exact) mass is 259 g/mol. The van der Waals surface area contributed by atoms with Gasteiger partial charge in [0.2, 0.25) is 0 Å². The Labute approximate surface area is 116 Å². The van der Waals surface area contributed by atoms with Gasteiger partial charge in [0.05, 0.1) is 13.2 Å². The van der Waals surface area contributed by atoms with Gasteiger partial charge in [-0.05, 0) is 41.3 Å². The molecule has 3 rings (SSSR count). The highest BCUT2D eigenvalue weighted by Gasteiger charge is 2.62. The summed E-state index contributed by atoms with van der Waals surface area (Å²) in [4.78, 5) is 0. The molecule has 104 valence electrons. The van der Waals surface area contributed by atoms with Crippen LogP contribution in [0.5, 0.6) is 0 Å². The molecule has 0 atom stereocenters. The Morgan fingerprint density at radius 2 is 1.68 bits per heavy atom. The third-order valence-electron chi connectivity index (χ3n) is 5.26. The summed E-state index contributed by atoms with van der Waals surface area (Å²) in [6.07, 6.45) is 2.52. The van der Waals surface area contributed by atoms with E-state index in [0.29, 0.717) is 5.41 Å². The molecule has 1 aliphatic carbocycles. The minimum atomic E-state index is 0.193. The van der Waals surface area contributed by atoms with Crippen LogP contribution in [0.1, 0.15) is 44.7 Å². The van der Waals surface area contributed by atoms with Crippen LogP contribution in [-0.4, -0.2) is 19.8 Å². The highest BCUT2D eigenvalue weighted by molar-refractivity contribution is 5.38. The Balaban J connectivity index is 1.93. The van der Waals surface area contributed by atoms with E-state index in [4.69, 9.17) is 10.5 Å². The highest BCUT2D eigenvalue weighted by Crippen LogP contribution is 2.61. The van der Waals surface area contributed by atoms with E-state index < -0.39 is 0 Å². The molecule has 2 heteroatoms. The van der Waals surface area contributed by atoms with Crippen LogP contribution in [-0.2, 0) is 15.6 Å². The SMILES string of the molecule is CC(C)(C)c1ccc(C2(C3(CN)CC3)COC2)cc1. The third-order valence-corrected chi connectivity index (χ3v) is 5.26. The smallest absolute Gasteiger partial charge is 0.0591 e. The standard InChI is InChI=1S/C17H25NO/c1-15(2,3)13-4-6-14(7-5-13)17(11-19-12-17)16(10-18)8-9-16/h4-7H,8-12,18H2,1-3H3. The lowest BCUT2D eigenvalue weighted by molar-refractivity contribution is -0.0973. The first kappa shape index (κ1) is 13.1. The van der Waals surface area contributed by atoms with Gasteiger partial charge < -0.3 is 10.5 Å². The topological polar surface area (TPSA) is 35.2 Å². The zero-order chi connectivity index (χ0) is 13.7. The van der Waals surface area contributed by atoms with Crippen molar-refractivity contribution in [2.45, 2.75) is 44.4 Å². The zero-order valence-corrected chi connectivity index (χ0v) is 12.3. The number of benzene rings is 1. The Morgan fingerprint density at radius 3 is 2.00 bits per heavy atom. The normalized spacial score (nSPS) is 23.8. The quantitative estimate of drug-likeness (QED) is 0.905. The van der Waals surface area contributed by atoms with Gasteiger partial charge in [-0.15, -0.1) is 0 Å². The van der Waals surface area contributed by atoms with Crippen molar-refractivity contribution in [1.82, 2.24) is 0 Å². The summed E-state index contributed by atoms with van der Waals surface area (Å²) in [5, 5.41) is 0. The lowest BCUT2D eigenvalue weighted by Gasteiger charge is -2.48. The van der Waals surface area contributed by atoms with Gasteiger partial charge in [-0.3, -0.25) is 0 Å². The number of rotatable bonds is 3. The summed E-state index contributed by atoms with van der Waals surface area (Å²) in [6.45, 7) is 9.25. The number of hydrogen-bond donors (Lipinski definition) is 1. The molecule has 0 bridgehead atoms. The van der Waals surface area contributed by atoms with Gasteiger partial charge in [0.1, 0.15) is 0 Å². The summed E-state index contributed by atoms with van der Waals surface area (Å²) in [5.74, 6) is 0. The Kier molecular flexibility index (Phi) is 2.81. The first-order chi connectivity index (χ1) is 8.94. The average molecular weight is 259 g/mol. The van der Waals surface area contributed by atoms with E-state index in [1.54, 1.807) is 0 Å². The summed E-state index contributed by atoms with van der Waals surface area (Å²) >= 11 is 0. The fourth-order valence-electron chi connectivity index (χ4n) is 3.40. The summed E-state index contributed by atoms with van der Waals surface area (Å²) in [5.41, 5.74) is 9.59. The molecule has 0 radical (unpaired) electrons.